The lowest BCUT2D eigenvalue weighted by Crippen LogP contribution is -2.41. The van der Waals surface area contributed by atoms with Crippen molar-refractivity contribution in [3.63, 3.8) is 0 Å². The Morgan fingerprint density at radius 2 is 1.95 bits per heavy atom. The molecule has 1 fully saturated rings. The average Bonchev–Trinajstić information content (AvgIpc) is 2.74. The van der Waals surface area contributed by atoms with E-state index in [1.165, 1.54) is 0 Å². The lowest BCUT2D eigenvalue weighted by atomic mass is 10.1. The number of aliphatic carboxylic acids is 1. The maximum absolute atomic E-state index is 11.6. The molecule has 1 aliphatic rings. The lowest BCUT2D eigenvalue weighted by molar-refractivity contribution is -0.138. The van der Waals surface area contributed by atoms with Crippen LogP contribution in [0.2, 0.25) is 0 Å². The van der Waals surface area contributed by atoms with Crippen LogP contribution in [-0.2, 0) is 4.79 Å². The Morgan fingerprint density at radius 1 is 1.19 bits per heavy atom. The van der Waals surface area contributed by atoms with E-state index in [0.29, 0.717) is 12.2 Å². The van der Waals surface area contributed by atoms with Gasteiger partial charge in [-0.05, 0) is 19.8 Å². The van der Waals surface area contributed by atoms with Gasteiger partial charge in [-0.1, -0.05) is 37.1 Å². The maximum Gasteiger partial charge on any atom is 0.326 e. The molecule has 0 amide bonds. The molecule has 0 bridgehead atoms. The molecule has 110 valence electrons. The van der Waals surface area contributed by atoms with Crippen molar-refractivity contribution in [2.75, 3.05) is 11.4 Å². The summed E-state index contributed by atoms with van der Waals surface area (Å²) in [6.07, 6.45) is 3.68. The number of hydrogen-bond acceptors (Lipinski definition) is 4. The van der Waals surface area contributed by atoms with E-state index < -0.39 is 12.0 Å². The van der Waals surface area contributed by atoms with Crippen LogP contribution in [0.3, 0.4) is 0 Å². The molecular formula is C16H19N3O2. The number of fused-ring (bicyclic) bond motifs is 1. The van der Waals surface area contributed by atoms with E-state index in [1.807, 2.05) is 36.1 Å². The second-order valence-corrected chi connectivity index (χ2v) is 5.55. The topological polar surface area (TPSA) is 66.3 Å². The molecule has 1 aromatic heterocycles. The molecule has 1 aliphatic heterocycles. The van der Waals surface area contributed by atoms with Crippen molar-refractivity contribution in [3.05, 3.63) is 30.0 Å². The Labute approximate surface area is 123 Å². The van der Waals surface area contributed by atoms with Gasteiger partial charge >= 0.3 is 5.97 Å². The highest BCUT2D eigenvalue weighted by molar-refractivity contribution is 5.94. The molecule has 21 heavy (non-hydrogen) atoms. The molecule has 1 saturated heterocycles. The molecule has 1 atom stereocenters. The van der Waals surface area contributed by atoms with E-state index in [1.54, 1.807) is 0 Å². The predicted molar refractivity (Wildman–Crippen MR) is 81.5 cm³/mol. The molecular weight excluding hydrogens is 266 g/mol. The van der Waals surface area contributed by atoms with Gasteiger partial charge in [-0.2, -0.15) is 5.10 Å². The normalized spacial score (nSPS) is 19.5. The van der Waals surface area contributed by atoms with Gasteiger partial charge in [0, 0.05) is 17.3 Å². The maximum atomic E-state index is 11.6. The van der Waals surface area contributed by atoms with Crippen molar-refractivity contribution in [2.24, 2.45) is 0 Å². The minimum Gasteiger partial charge on any atom is -0.480 e. The van der Waals surface area contributed by atoms with Crippen LogP contribution in [0.15, 0.2) is 24.3 Å². The Kier molecular flexibility index (Phi) is 3.73. The van der Waals surface area contributed by atoms with E-state index in [-0.39, 0.29) is 0 Å². The van der Waals surface area contributed by atoms with Crippen LogP contribution in [0.4, 0.5) is 5.82 Å². The average molecular weight is 285 g/mol. The standard InChI is InChI=1S/C16H19N3O2/c1-11-12-7-4-5-8-13(12)15(18-17-11)19-10-6-2-3-9-14(19)16(20)21/h4-5,7-8,14H,2-3,6,9-10H2,1H3,(H,20,21). The van der Waals surface area contributed by atoms with Gasteiger partial charge in [-0.15, -0.1) is 5.10 Å². The predicted octanol–water partition coefficient (Wildman–Crippen LogP) is 2.77. The Hall–Kier alpha value is -2.17. The largest absolute Gasteiger partial charge is 0.480 e. The summed E-state index contributed by atoms with van der Waals surface area (Å²) >= 11 is 0. The number of nitrogens with zero attached hydrogens (tertiary/aromatic N) is 3. The third kappa shape index (κ3) is 2.55. The number of anilines is 1. The SMILES string of the molecule is Cc1nnc(N2CCCCCC2C(=O)O)c2ccccc12. The van der Waals surface area contributed by atoms with Crippen molar-refractivity contribution < 1.29 is 9.90 Å². The van der Waals surface area contributed by atoms with Crippen LogP contribution in [0, 0.1) is 6.92 Å². The summed E-state index contributed by atoms with van der Waals surface area (Å²) in [6.45, 7) is 2.65. The molecule has 1 N–H and O–H groups in total. The molecule has 5 heteroatoms. The van der Waals surface area contributed by atoms with E-state index in [9.17, 15) is 9.90 Å². The summed E-state index contributed by atoms with van der Waals surface area (Å²) in [6, 6.07) is 7.43. The van der Waals surface area contributed by atoms with Gasteiger partial charge < -0.3 is 10.0 Å². The number of carboxylic acids is 1. The summed E-state index contributed by atoms with van der Waals surface area (Å²) in [4.78, 5) is 13.5. The first-order chi connectivity index (χ1) is 10.2. The second kappa shape index (κ2) is 5.68. The summed E-state index contributed by atoms with van der Waals surface area (Å²) in [5.41, 5.74) is 0.871. The van der Waals surface area contributed by atoms with Gasteiger partial charge in [0.1, 0.15) is 6.04 Å². The minimum atomic E-state index is -0.775. The summed E-state index contributed by atoms with van der Waals surface area (Å²) in [7, 11) is 0. The van der Waals surface area contributed by atoms with Gasteiger partial charge in [-0.25, -0.2) is 4.79 Å². The van der Waals surface area contributed by atoms with Crippen LogP contribution in [-0.4, -0.2) is 33.9 Å². The smallest absolute Gasteiger partial charge is 0.326 e. The van der Waals surface area contributed by atoms with Gasteiger partial charge in [0.25, 0.3) is 0 Å². The highest BCUT2D eigenvalue weighted by Gasteiger charge is 2.29. The van der Waals surface area contributed by atoms with Crippen molar-refractivity contribution >= 4 is 22.6 Å². The number of rotatable bonds is 2. The van der Waals surface area contributed by atoms with Crippen molar-refractivity contribution in [2.45, 2.75) is 38.6 Å². The van der Waals surface area contributed by atoms with Crippen LogP contribution in [0.5, 0.6) is 0 Å². The van der Waals surface area contributed by atoms with Crippen LogP contribution in [0.1, 0.15) is 31.4 Å². The molecule has 0 spiro atoms. The first-order valence-electron chi connectivity index (χ1n) is 7.40. The van der Waals surface area contributed by atoms with E-state index in [4.69, 9.17) is 0 Å². The fraction of sp³-hybridized carbons (Fsp3) is 0.438. The monoisotopic (exact) mass is 285 g/mol. The van der Waals surface area contributed by atoms with E-state index in [2.05, 4.69) is 10.2 Å². The lowest BCUT2D eigenvalue weighted by Gasteiger charge is -2.28. The van der Waals surface area contributed by atoms with Crippen molar-refractivity contribution in [3.8, 4) is 0 Å². The van der Waals surface area contributed by atoms with Crippen molar-refractivity contribution in [1.29, 1.82) is 0 Å². The number of hydrogen-bond donors (Lipinski definition) is 1. The zero-order valence-corrected chi connectivity index (χ0v) is 12.1. The summed E-state index contributed by atoms with van der Waals surface area (Å²) in [5, 5.41) is 20.1. The number of carbonyl (C=O) groups is 1. The third-order valence-electron chi connectivity index (χ3n) is 4.16. The summed E-state index contributed by atoms with van der Waals surface area (Å²) < 4.78 is 0. The number of benzene rings is 1. The molecule has 0 aliphatic carbocycles. The Balaban J connectivity index is 2.13. The fourth-order valence-corrected chi connectivity index (χ4v) is 3.05. The minimum absolute atomic E-state index is 0.507. The first kappa shape index (κ1) is 13.8. The van der Waals surface area contributed by atoms with Crippen molar-refractivity contribution in [1.82, 2.24) is 10.2 Å². The second-order valence-electron chi connectivity index (χ2n) is 5.55. The zero-order chi connectivity index (χ0) is 14.8. The molecule has 5 nitrogen and oxygen atoms in total. The first-order valence-corrected chi connectivity index (χ1v) is 7.40. The van der Waals surface area contributed by atoms with Gasteiger partial charge in [0.2, 0.25) is 0 Å². The Morgan fingerprint density at radius 3 is 2.71 bits per heavy atom. The van der Waals surface area contributed by atoms with Gasteiger partial charge in [0.15, 0.2) is 5.82 Å². The molecule has 1 unspecified atom stereocenters. The molecule has 1 aromatic carbocycles. The highest BCUT2D eigenvalue weighted by atomic mass is 16.4. The highest BCUT2D eigenvalue weighted by Crippen LogP contribution is 2.29. The zero-order valence-electron chi connectivity index (χ0n) is 12.1. The molecule has 2 heterocycles. The number of carboxylic acid groups (broad SMARTS) is 1. The Bertz CT molecular complexity index is 672. The summed E-state index contributed by atoms with van der Waals surface area (Å²) in [5.74, 6) is -0.0751. The quantitative estimate of drug-likeness (QED) is 0.919. The molecule has 3 rings (SSSR count). The third-order valence-corrected chi connectivity index (χ3v) is 4.16. The van der Waals surface area contributed by atoms with Crippen LogP contribution >= 0.6 is 0 Å². The molecule has 0 saturated carbocycles. The number of aromatic nitrogens is 2. The van der Waals surface area contributed by atoms with Gasteiger partial charge in [-0.3, -0.25) is 0 Å². The molecule has 2 aromatic rings. The van der Waals surface area contributed by atoms with E-state index >= 15 is 0 Å². The van der Waals surface area contributed by atoms with E-state index in [0.717, 1.165) is 42.3 Å². The number of aryl methyl sites for hydroxylation is 1. The van der Waals surface area contributed by atoms with Crippen LogP contribution in [0.25, 0.3) is 10.8 Å². The fourth-order valence-electron chi connectivity index (χ4n) is 3.05. The van der Waals surface area contributed by atoms with Crippen LogP contribution < -0.4 is 4.90 Å². The van der Waals surface area contributed by atoms with Gasteiger partial charge in [0.05, 0.1) is 5.69 Å². The molecule has 0 radical (unpaired) electrons.